The SMILES string of the molecule is [Cl][Sb-]([Cl])([Cl])([Cl])[Cl]. The van der Waals surface area contributed by atoms with Crippen molar-refractivity contribution >= 4 is 55.8 Å². The number of halogens is 5. The second-order valence-electron chi connectivity index (χ2n) is 0.639. The summed E-state index contributed by atoms with van der Waals surface area (Å²) in [5, 5.41) is 0. The second-order valence-corrected chi connectivity index (χ2v) is 38.6. The van der Waals surface area contributed by atoms with Crippen LogP contribution in [0, 0.1) is 0 Å². The molecule has 0 rings (SSSR count). The third-order valence-electron chi connectivity index (χ3n) is 0. The van der Waals surface area contributed by atoms with Crippen molar-refractivity contribution in [1.29, 1.82) is 0 Å². The first kappa shape index (κ1) is 8.27. The van der Waals surface area contributed by atoms with Gasteiger partial charge in [-0.05, 0) is 0 Å². The van der Waals surface area contributed by atoms with Crippen molar-refractivity contribution in [2.24, 2.45) is 0 Å². The van der Waals surface area contributed by atoms with E-state index in [4.69, 9.17) is 44.1 Å². The summed E-state index contributed by atoms with van der Waals surface area (Å²) in [5.41, 5.74) is 0. The average molecular weight is 299 g/mol. The molecule has 0 saturated carbocycles. The molecule has 0 radical (unpaired) electrons. The van der Waals surface area contributed by atoms with Crippen LogP contribution < -0.4 is 0 Å². The van der Waals surface area contributed by atoms with E-state index in [-0.39, 0.29) is 0 Å². The van der Waals surface area contributed by atoms with E-state index in [0.717, 1.165) is 0 Å². The summed E-state index contributed by atoms with van der Waals surface area (Å²) in [6, 6.07) is 0. The van der Waals surface area contributed by atoms with Gasteiger partial charge >= 0.3 is 55.8 Å². The summed E-state index contributed by atoms with van der Waals surface area (Å²) in [5.74, 6) is 0. The van der Waals surface area contributed by atoms with E-state index in [0.29, 0.717) is 0 Å². The Morgan fingerprint density at radius 1 is 0.667 bits per heavy atom. The monoisotopic (exact) mass is 296 g/mol. The summed E-state index contributed by atoms with van der Waals surface area (Å²) in [6.07, 6.45) is 0. The van der Waals surface area contributed by atoms with E-state index in [1.165, 1.54) is 0 Å². The fourth-order valence-electron chi connectivity index (χ4n) is 0. The van der Waals surface area contributed by atoms with E-state index in [2.05, 4.69) is 0 Å². The Morgan fingerprint density at radius 2 is 0.667 bits per heavy atom. The van der Waals surface area contributed by atoms with Gasteiger partial charge in [0.25, 0.3) is 0 Å². The maximum absolute atomic E-state index is 5.05. The van der Waals surface area contributed by atoms with Crippen molar-refractivity contribution in [2.45, 2.75) is 0 Å². The van der Waals surface area contributed by atoms with Crippen LogP contribution in [0.5, 0.6) is 0 Å². The zero-order valence-electron chi connectivity index (χ0n) is 2.34. The van der Waals surface area contributed by atoms with Gasteiger partial charge in [-0.3, -0.25) is 0 Å². The van der Waals surface area contributed by atoms with Crippen molar-refractivity contribution in [2.75, 3.05) is 0 Å². The maximum atomic E-state index is 5.05. The molecule has 41 valence electrons. The molecule has 0 aromatic heterocycles. The molecule has 0 heterocycles. The molecule has 0 aromatic carbocycles. The van der Waals surface area contributed by atoms with Crippen molar-refractivity contribution in [3.05, 3.63) is 0 Å². The molecule has 0 aromatic rings. The number of rotatable bonds is 0. The number of hydrogen-bond donors (Lipinski definition) is 0. The van der Waals surface area contributed by atoms with Crippen LogP contribution in [0.3, 0.4) is 0 Å². The zero-order chi connectivity index (χ0) is 5.45. The molecule has 0 nitrogen and oxygen atoms in total. The molecule has 0 bridgehead atoms. The van der Waals surface area contributed by atoms with Crippen molar-refractivity contribution < 1.29 is 0 Å². The van der Waals surface area contributed by atoms with Crippen LogP contribution in [0.1, 0.15) is 0 Å². The normalized spacial score (nSPS) is 19.2. The first-order valence-electron chi connectivity index (χ1n) is 0.845. The van der Waals surface area contributed by atoms with E-state index < -0.39 is 11.7 Å². The summed E-state index contributed by atoms with van der Waals surface area (Å²) in [6.45, 7) is 0. The van der Waals surface area contributed by atoms with Crippen LogP contribution in [-0.4, -0.2) is 11.7 Å². The van der Waals surface area contributed by atoms with Crippen LogP contribution in [0.25, 0.3) is 0 Å². The Balaban J connectivity index is 3.73. The second kappa shape index (κ2) is 1.90. The third kappa shape index (κ3) is 33.8. The minimum absolute atomic E-state index is 4.33. The van der Waals surface area contributed by atoms with Gasteiger partial charge in [-0.15, -0.1) is 0 Å². The molecular formula is Cl5Sb-. The average Bonchev–Trinajstić information content (AvgIpc) is 0.650. The summed E-state index contributed by atoms with van der Waals surface area (Å²) in [4.78, 5) is 0. The van der Waals surface area contributed by atoms with Crippen LogP contribution in [0.15, 0.2) is 0 Å². The number of hydrogen-bond acceptors (Lipinski definition) is 0. The van der Waals surface area contributed by atoms with Gasteiger partial charge in [0.2, 0.25) is 0 Å². The zero-order valence-corrected chi connectivity index (χ0v) is 8.67. The molecule has 0 unspecified atom stereocenters. The van der Waals surface area contributed by atoms with Crippen LogP contribution in [0.4, 0.5) is 0 Å². The standard InChI is InChI=1S/5ClH.Sb/h5*1H;/q;;;;;+4/p-5. The fourth-order valence-corrected chi connectivity index (χ4v) is 0. The Morgan fingerprint density at radius 3 is 0.667 bits per heavy atom. The molecule has 0 N–H and O–H groups in total. The molecular weight excluding hydrogens is 299 g/mol. The Hall–Kier alpha value is 2.27. The molecule has 0 aliphatic carbocycles. The molecule has 0 spiro atoms. The Labute approximate surface area is 55.1 Å². The van der Waals surface area contributed by atoms with Gasteiger partial charge in [0.1, 0.15) is 0 Å². The van der Waals surface area contributed by atoms with Gasteiger partial charge in [0, 0.05) is 0 Å². The fraction of sp³-hybridized carbons (Fsp3) is 0. The van der Waals surface area contributed by atoms with Crippen LogP contribution in [0.2, 0.25) is 0 Å². The molecule has 0 aliphatic heterocycles. The van der Waals surface area contributed by atoms with Gasteiger partial charge < -0.3 is 0 Å². The first-order valence-corrected chi connectivity index (χ1v) is 17.0. The van der Waals surface area contributed by atoms with Gasteiger partial charge in [-0.2, -0.15) is 0 Å². The van der Waals surface area contributed by atoms with E-state index in [1.807, 2.05) is 0 Å². The first-order chi connectivity index (χ1) is 2.24. The molecule has 6 heteroatoms. The quantitative estimate of drug-likeness (QED) is 0.603. The van der Waals surface area contributed by atoms with Gasteiger partial charge in [-0.25, -0.2) is 0 Å². The predicted octanol–water partition coefficient (Wildman–Crippen LogP) is 3.07. The summed E-state index contributed by atoms with van der Waals surface area (Å²) in [7, 11) is 25.2. The summed E-state index contributed by atoms with van der Waals surface area (Å²) >= 11 is -4.33. The van der Waals surface area contributed by atoms with Gasteiger partial charge in [0.15, 0.2) is 0 Å². The van der Waals surface area contributed by atoms with Gasteiger partial charge in [-0.1, -0.05) is 0 Å². The van der Waals surface area contributed by atoms with Crippen molar-refractivity contribution in [1.82, 2.24) is 0 Å². The van der Waals surface area contributed by atoms with Crippen molar-refractivity contribution in [3.63, 3.8) is 0 Å². The van der Waals surface area contributed by atoms with E-state index in [9.17, 15) is 0 Å². The van der Waals surface area contributed by atoms with Crippen molar-refractivity contribution in [3.8, 4) is 0 Å². The van der Waals surface area contributed by atoms with E-state index >= 15 is 0 Å². The van der Waals surface area contributed by atoms with Crippen LogP contribution in [-0.2, 0) is 0 Å². The Bertz CT molecular complexity index is 37.1. The minimum atomic E-state index is -4.33. The summed E-state index contributed by atoms with van der Waals surface area (Å²) < 4.78 is 0. The topological polar surface area (TPSA) is 0 Å². The molecule has 0 aliphatic rings. The Kier molecular flexibility index (Phi) is 2.61. The van der Waals surface area contributed by atoms with Gasteiger partial charge in [0.05, 0.1) is 0 Å². The van der Waals surface area contributed by atoms with E-state index in [1.54, 1.807) is 0 Å². The molecule has 6 heavy (non-hydrogen) atoms. The molecule has 0 saturated heterocycles. The molecule has 0 atom stereocenters. The van der Waals surface area contributed by atoms with Crippen LogP contribution >= 0.6 is 44.1 Å². The predicted molar refractivity (Wildman–Crippen MR) is 35.0 cm³/mol. The third-order valence-corrected chi connectivity index (χ3v) is 0. The molecule has 0 amide bonds. The molecule has 0 fully saturated rings.